The van der Waals surface area contributed by atoms with Crippen molar-refractivity contribution in [3.05, 3.63) is 0 Å². The fourth-order valence-corrected chi connectivity index (χ4v) is 3.25. The number of aliphatic carboxylic acids is 1. The summed E-state index contributed by atoms with van der Waals surface area (Å²) in [5, 5.41) is 8.81. The van der Waals surface area contributed by atoms with Crippen LogP contribution in [0.5, 0.6) is 0 Å². The summed E-state index contributed by atoms with van der Waals surface area (Å²) in [6, 6.07) is 0.142. The molecule has 0 radical (unpaired) electrons. The molecule has 0 saturated carbocycles. The average molecular weight is 268 g/mol. The summed E-state index contributed by atoms with van der Waals surface area (Å²) in [6.07, 6.45) is 4.83. The predicted octanol–water partition coefficient (Wildman–Crippen LogP) is 1.18. The molecule has 1 amide bonds. The maximum atomic E-state index is 12.6. The SMILES string of the molecule is CN1CCC(C(=O)N2CCCCC2CCC(=O)O)C1. The number of amides is 1. The van der Waals surface area contributed by atoms with Crippen molar-refractivity contribution >= 4 is 11.9 Å². The smallest absolute Gasteiger partial charge is 0.303 e. The summed E-state index contributed by atoms with van der Waals surface area (Å²) < 4.78 is 0. The number of carboxylic acid groups (broad SMARTS) is 1. The third-order valence-corrected chi connectivity index (χ3v) is 4.34. The highest BCUT2D eigenvalue weighted by atomic mass is 16.4. The molecule has 2 aliphatic rings. The molecular weight excluding hydrogens is 244 g/mol. The molecule has 2 fully saturated rings. The highest BCUT2D eigenvalue weighted by Gasteiger charge is 2.34. The Balaban J connectivity index is 1.94. The maximum absolute atomic E-state index is 12.6. The van der Waals surface area contributed by atoms with Crippen LogP contribution >= 0.6 is 0 Å². The second-order valence-electron chi connectivity index (χ2n) is 5.86. The van der Waals surface area contributed by atoms with Gasteiger partial charge in [0.1, 0.15) is 0 Å². The molecule has 5 heteroatoms. The van der Waals surface area contributed by atoms with Crippen LogP contribution in [0.1, 0.15) is 38.5 Å². The molecule has 0 aromatic carbocycles. The second-order valence-corrected chi connectivity index (χ2v) is 5.86. The topological polar surface area (TPSA) is 60.9 Å². The normalized spacial score (nSPS) is 28.6. The fourth-order valence-electron chi connectivity index (χ4n) is 3.25. The highest BCUT2D eigenvalue weighted by Crippen LogP contribution is 2.25. The summed E-state index contributed by atoms with van der Waals surface area (Å²) in [5.74, 6) is -0.395. The molecule has 2 heterocycles. The van der Waals surface area contributed by atoms with Gasteiger partial charge in [0.15, 0.2) is 0 Å². The third kappa shape index (κ3) is 3.69. The summed E-state index contributed by atoms with van der Waals surface area (Å²) in [4.78, 5) is 27.4. The maximum Gasteiger partial charge on any atom is 0.303 e. The Kier molecular flexibility index (Phi) is 4.80. The van der Waals surface area contributed by atoms with Crippen molar-refractivity contribution in [3.8, 4) is 0 Å². The van der Waals surface area contributed by atoms with E-state index in [0.29, 0.717) is 6.42 Å². The number of carbonyl (C=O) groups is 2. The summed E-state index contributed by atoms with van der Waals surface area (Å²) in [5.41, 5.74) is 0. The molecule has 0 bridgehead atoms. The van der Waals surface area contributed by atoms with Crippen LogP contribution in [0.25, 0.3) is 0 Å². The Bertz CT molecular complexity index is 346. The molecule has 2 saturated heterocycles. The number of rotatable bonds is 4. The molecule has 0 aromatic heterocycles. The number of carbonyl (C=O) groups excluding carboxylic acids is 1. The van der Waals surface area contributed by atoms with Crippen LogP contribution in [-0.4, -0.2) is 59.5 Å². The fraction of sp³-hybridized carbons (Fsp3) is 0.857. The minimum atomic E-state index is -0.765. The molecule has 5 nitrogen and oxygen atoms in total. The van der Waals surface area contributed by atoms with Crippen molar-refractivity contribution in [2.45, 2.75) is 44.6 Å². The second kappa shape index (κ2) is 6.37. The summed E-state index contributed by atoms with van der Waals surface area (Å²) in [6.45, 7) is 2.65. The van der Waals surface area contributed by atoms with E-state index in [9.17, 15) is 9.59 Å². The van der Waals surface area contributed by atoms with Gasteiger partial charge in [-0.2, -0.15) is 0 Å². The Morgan fingerprint density at radius 3 is 2.63 bits per heavy atom. The molecular formula is C14H24N2O3. The lowest BCUT2D eigenvalue weighted by Gasteiger charge is -2.37. The van der Waals surface area contributed by atoms with Gasteiger partial charge >= 0.3 is 5.97 Å². The van der Waals surface area contributed by atoms with Crippen LogP contribution in [0.2, 0.25) is 0 Å². The zero-order valence-corrected chi connectivity index (χ0v) is 11.7. The predicted molar refractivity (Wildman–Crippen MR) is 71.8 cm³/mol. The van der Waals surface area contributed by atoms with Crippen LogP contribution in [0.15, 0.2) is 0 Å². The standard InChI is InChI=1S/C14H24N2O3/c1-15-9-7-11(10-15)14(19)16-8-3-2-4-12(16)5-6-13(17)18/h11-12H,2-10H2,1H3,(H,17,18). The Labute approximate surface area is 114 Å². The quantitative estimate of drug-likeness (QED) is 0.832. The molecule has 2 atom stereocenters. The molecule has 0 spiro atoms. The van der Waals surface area contributed by atoms with Crippen LogP contribution in [0.3, 0.4) is 0 Å². The Hall–Kier alpha value is -1.10. The van der Waals surface area contributed by atoms with E-state index in [1.807, 2.05) is 11.9 Å². The van der Waals surface area contributed by atoms with Gasteiger partial charge < -0.3 is 14.9 Å². The van der Waals surface area contributed by atoms with Crippen LogP contribution in [0, 0.1) is 5.92 Å². The van der Waals surface area contributed by atoms with Crippen molar-refractivity contribution in [1.82, 2.24) is 9.80 Å². The zero-order valence-electron chi connectivity index (χ0n) is 11.7. The molecule has 2 rings (SSSR count). The average Bonchev–Trinajstić information content (AvgIpc) is 2.82. The van der Waals surface area contributed by atoms with Crippen LogP contribution < -0.4 is 0 Å². The van der Waals surface area contributed by atoms with Gasteiger partial charge in [-0.15, -0.1) is 0 Å². The minimum absolute atomic E-state index is 0.121. The van der Waals surface area contributed by atoms with E-state index in [4.69, 9.17) is 5.11 Å². The summed E-state index contributed by atoms with van der Waals surface area (Å²) >= 11 is 0. The van der Waals surface area contributed by atoms with Crippen molar-refractivity contribution in [1.29, 1.82) is 0 Å². The van der Waals surface area contributed by atoms with E-state index < -0.39 is 5.97 Å². The van der Waals surface area contributed by atoms with E-state index in [0.717, 1.165) is 45.3 Å². The lowest BCUT2D eigenvalue weighted by molar-refractivity contribution is -0.142. The van der Waals surface area contributed by atoms with Crippen LogP contribution in [0.4, 0.5) is 0 Å². The van der Waals surface area contributed by atoms with E-state index in [1.54, 1.807) is 0 Å². The number of hydrogen-bond donors (Lipinski definition) is 1. The van der Waals surface area contributed by atoms with Gasteiger partial charge in [0, 0.05) is 25.6 Å². The van der Waals surface area contributed by atoms with E-state index in [2.05, 4.69) is 4.90 Å². The first-order chi connectivity index (χ1) is 9.08. The minimum Gasteiger partial charge on any atom is -0.481 e. The number of piperidine rings is 1. The van der Waals surface area contributed by atoms with Gasteiger partial charge in [-0.3, -0.25) is 9.59 Å². The van der Waals surface area contributed by atoms with Crippen molar-refractivity contribution in [3.63, 3.8) is 0 Å². The van der Waals surface area contributed by atoms with Gasteiger partial charge in [0.2, 0.25) is 5.91 Å². The van der Waals surface area contributed by atoms with Crippen molar-refractivity contribution in [2.24, 2.45) is 5.92 Å². The Morgan fingerprint density at radius 2 is 2.00 bits per heavy atom. The van der Waals surface area contributed by atoms with Gasteiger partial charge in [0.25, 0.3) is 0 Å². The van der Waals surface area contributed by atoms with Crippen molar-refractivity contribution in [2.75, 3.05) is 26.7 Å². The Morgan fingerprint density at radius 1 is 1.21 bits per heavy atom. The van der Waals surface area contributed by atoms with Gasteiger partial charge in [0.05, 0.1) is 5.92 Å². The van der Waals surface area contributed by atoms with Gasteiger partial charge in [-0.1, -0.05) is 0 Å². The molecule has 0 aliphatic carbocycles. The van der Waals surface area contributed by atoms with Crippen molar-refractivity contribution < 1.29 is 14.7 Å². The van der Waals surface area contributed by atoms with E-state index in [1.165, 1.54) is 0 Å². The molecule has 19 heavy (non-hydrogen) atoms. The van der Waals surface area contributed by atoms with E-state index in [-0.39, 0.29) is 24.3 Å². The summed E-state index contributed by atoms with van der Waals surface area (Å²) in [7, 11) is 2.05. The highest BCUT2D eigenvalue weighted by molar-refractivity contribution is 5.80. The largest absolute Gasteiger partial charge is 0.481 e. The monoisotopic (exact) mass is 268 g/mol. The first-order valence-electron chi connectivity index (χ1n) is 7.28. The molecule has 0 aromatic rings. The lowest BCUT2D eigenvalue weighted by atomic mass is 9.95. The molecule has 2 unspecified atom stereocenters. The molecule has 1 N–H and O–H groups in total. The van der Waals surface area contributed by atoms with E-state index >= 15 is 0 Å². The number of hydrogen-bond acceptors (Lipinski definition) is 3. The van der Waals surface area contributed by atoms with Gasteiger partial charge in [-0.25, -0.2) is 0 Å². The number of likely N-dealkylation sites (tertiary alicyclic amines) is 2. The lowest BCUT2D eigenvalue weighted by Crippen LogP contribution is -2.47. The molecule has 108 valence electrons. The third-order valence-electron chi connectivity index (χ3n) is 4.34. The van der Waals surface area contributed by atoms with Crippen LogP contribution in [-0.2, 0) is 9.59 Å². The zero-order chi connectivity index (χ0) is 13.8. The van der Waals surface area contributed by atoms with Gasteiger partial charge in [-0.05, 0) is 45.7 Å². The number of carboxylic acids is 1. The first-order valence-corrected chi connectivity index (χ1v) is 7.28. The first kappa shape index (κ1) is 14.3. The molecule has 2 aliphatic heterocycles. The number of nitrogens with zero attached hydrogens (tertiary/aromatic N) is 2.